The van der Waals surface area contributed by atoms with Gasteiger partial charge in [0.05, 0.1) is 18.1 Å². The molecule has 0 radical (unpaired) electrons. The van der Waals surface area contributed by atoms with Crippen molar-refractivity contribution in [2.75, 3.05) is 36.0 Å². The van der Waals surface area contributed by atoms with E-state index in [1.54, 1.807) is 6.20 Å². The molecule has 0 atom stereocenters. The van der Waals surface area contributed by atoms with Gasteiger partial charge in [-0.3, -0.25) is 4.98 Å². The maximum Gasteiger partial charge on any atom is 0.149 e. The first-order valence-electron chi connectivity index (χ1n) is 6.56. The fourth-order valence-electron chi connectivity index (χ4n) is 2.39. The number of halogens is 3. The molecule has 1 aromatic carbocycles. The summed E-state index contributed by atoms with van der Waals surface area (Å²) >= 11 is 5.82. The van der Waals surface area contributed by atoms with Crippen LogP contribution in [0.3, 0.4) is 0 Å². The number of nitrogens with zero attached hydrogens (tertiary/aromatic N) is 4. The number of piperazine rings is 1. The van der Waals surface area contributed by atoms with Gasteiger partial charge >= 0.3 is 0 Å². The van der Waals surface area contributed by atoms with Crippen LogP contribution in [0.25, 0.3) is 0 Å². The van der Waals surface area contributed by atoms with E-state index in [0.717, 1.165) is 12.1 Å². The van der Waals surface area contributed by atoms with Crippen molar-refractivity contribution in [3.8, 4) is 0 Å². The van der Waals surface area contributed by atoms with E-state index in [0.29, 0.717) is 42.8 Å². The maximum absolute atomic E-state index is 13.8. The van der Waals surface area contributed by atoms with Crippen LogP contribution in [0.2, 0.25) is 5.15 Å². The first-order chi connectivity index (χ1) is 10.1. The molecule has 1 aliphatic heterocycles. The average molecular weight is 311 g/mol. The lowest BCUT2D eigenvalue weighted by Crippen LogP contribution is -2.47. The summed E-state index contributed by atoms with van der Waals surface area (Å²) in [4.78, 5) is 12.1. The average Bonchev–Trinajstić information content (AvgIpc) is 2.50. The molecule has 2 heterocycles. The van der Waals surface area contributed by atoms with Crippen LogP contribution in [0.15, 0.2) is 30.6 Å². The summed E-state index contributed by atoms with van der Waals surface area (Å²) in [5.74, 6) is -0.149. The third kappa shape index (κ3) is 3.05. The molecule has 1 saturated heterocycles. The Labute approximate surface area is 126 Å². The predicted octanol–water partition coefficient (Wildman–Crippen LogP) is 2.73. The second kappa shape index (κ2) is 5.81. The Kier molecular flexibility index (Phi) is 3.88. The van der Waals surface area contributed by atoms with Gasteiger partial charge in [-0.15, -0.1) is 0 Å². The van der Waals surface area contributed by atoms with E-state index >= 15 is 0 Å². The smallest absolute Gasteiger partial charge is 0.149 e. The number of anilines is 2. The molecule has 110 valence electrons. The van der Waals surface area contributed by atoms with E-state index in [-0.39, 0.29) is 0 Å². The summed E-state index contributed by atoms with van der Waals surface area (Å²) in [5, 5.41) is 0.339. The van der Waals surface area contributed by atoms with Crippen molar-refractivity contribution in [1.29, 1.82) is 0 Å². The molecule has 0 N–H and O–H groups in total. The zero-order valence-electron chi connectivity index (χ0n) is 11.1. The summed E-state index contributed by atoms with van der Waals surface area (Å²) in [6.07, 6.45) is 3.12. The van der Waals surface area contributed by atoms with E-state index in [1.807, 2.05) is 9.80 Å². The van der Waals surface area contributed by atoms with Crippen LogP contribution >= 0.6 is 11.6 Å². The van der Waals surface area contributed by atoms with Crippen molar-refractivity contribution in [2.45, 2.75) is 0 Å². The summed E-state index contributed by atoms with van der Waals surface area (Å²) in [6, 6.07) is 3.50. The number of aromatic nitrogens is 2. The van der Waals surface area contributed by atoms with Gasteiger partial charge in [-0.25, -0.2) is 13.8 Å². The highest BCUT2D eigenvalue weighted by Gasteiger charge is 2.21. The number of hydrogen-bond donors (Lipinski definition) is 0. The van der Waals surface area contributed by atoms with Crippen molar-refractivity contribution in [2.24, 2.45) is 0 Å². The molecule has 0 aliphatic carbocycles. The van der Waals surface area contributed by atoms with Crippen LogP contribution in [0.1, 0.15) is 0 Å². The van der Waals surface area contributed by atoms with Crippen molar-refractivity contribution in [3.63, 3.8) is 0 Å². The molecule has 0 spiro atoms. The fraction of sp³-hybridized carbons (Fsp3) is 0.286. The first kappa shape index (κ1) is 14.0. The van der Waals surface area contributed by atoms with Crippen molar-refractivity contribution in [1.82, 2.24) is 9.97 Å². The van der Waals surface area contributed by atoms with E-state index in [1.165, 1.54) is 12.3 Å². The SMILES string of the molecule is Fc1ccc(F)c(N2CCN(c3cncc(Cl)n3)CC2)c1. The fourth-order valence-corrected chi connectivity index (χ4v) is 2.53. The lowest BCUT2D eigenvalue weighted by Gasteiger charge is -2.36. The normalized spacial score (nSPS) is 15.4. The Morgan fingerprint density at radius 3 is 2.43 bits per heavy atom. The predicted molar refractivity (Wildman–Crippen MR) is 77.8 cm³/mol. The summed E-state index contributed by atoms with van der Waals surface area (Å²) in [7, 11) is 0. The second-order valence-corrected chi connectivity index (χ2v) is 5.16. The van der Waals surface area contributed by atoms with Crippen LogP contribution in [-0.2, 0) is 0 Å². The first-order valence-corrected chi connectivity index (χ1v) is 6.94. The van der Waals surface area contributed by atoms with Crippen LogP contribution in [0.4, 0.5) is 20.3 Å². The zero-order valence-corrected chi connectivity index (χ0v) is 11.9. The highest BCUT2D eigenvalue weighted by atomic mass is 35.5. The van der Waals surface area contributed by atoms with Crippen LogP contribution in [0.5, 0.6) is 0 Å². The van der Waals surface area contributed by atoms with E-state index in [4.69, 9.17) is 11.6 Å². The Morgan fingerprint density at radius 1 is 1.00 bits per heavy atom. The molecule has 0 bridgehead atoms. The Morgan fingerprint density at radius 2 is 1.71 bits per heavy atom. The highest BCUT2D eigenvalue weighted by Crippen LogP contribution is 2.23. The van der Waals surface area contributed by atoms with Crippen LogP contribution in [0, 0.1) is 11.6 Å². The van der Waals surface area contributed by atoms with Gasteiger partial charge in [0.2, 0.25) is 0 Å². The largest absolute Gasteiger partial charge is 0.366 e. The second-order valence-electron chi connectivity index (χ2n) is 4.77. The molecule has 0 amide bonds. The Hall–Kier alpha value is -1.95. The topological polar surface area (TPSA) is 32.3 Å². The van der Waals surface area contributed by atoms with Gasteiger partial charge in [0.1, 0.15) is 22.6 Å². The maximum atomic E-state index is 13.8. The van der Waals surface area contributed by atoms with Gasteiger partial charge in [0.15, 0.2) is 0 Å². The monoisotopic (exact) mass is 310 g/mol. The van der Waals surface area contributed by atoms with Crippen molar-refractivity contribution in [3.05, 3.63) is 47.4 Å². The third-order valence-electron chi connectivity index (χ3n) is 3.44. The van der Waals surface area contributed by atoms with Gasteiger partial charge in [-0.1, -0.05) is 11.6 Å². The molecule has 4 nitrogen and oxygen atoms in total. The van der Waals surface area contributed by atoms with Crippen LogP contribution in [-0.4, -0.2) is 36.1 Å². The molecule has 1 fully saturated rings. The van der Waals surface area contributed by atoms with Crippen molar-refractivity contribution < 1.29 is 8.78 Å². The van der Waals surface area contributed by atoms with Crippen LogP contribution < -0.4 is 9.80 Å². The van der Waals surface area contributed by atoms with E-state index in [2.05, 4.69) is 9.97 Å². The molecule has 0 saturated carbocycles. The molecular formula is C14H13ClF2N4. The molecule has 2 aromatic rings. The molecule has 21 heavy (non-hydrogen) atoms. The van der Waals surface area contributed by atoms with Gasteiger partial charge in [0.25, 0.3) is 0 Å². The van der Waals surface area contributed by atoms with Gasteiger partial charge in [0, 0.05) is 32.2 Å². The molecule has 1 aromatic heterocycles. The lowest BCUT2D eigenvalue weighted by molar-refractivity contribution is 0.579. The number of hydrogen-bond acceptors (Lipinski definition) is 4. The van der Waals surface area contributed by atoms with Gasteiger partial charge in [-0.05, 0) is 12.1 Å². The highest BCUT2D eigenvalue weighted by molar-refractivity contribution is 6.29. The van der Waals surface area contributed by atoms with Gasteiger partial charge < -0.3 is 9.80 Å². The standard InChI is InChI=1S/C14H13ClF2N4/c15-13-8-18-9-14(19-13)21-5-3-20(4-6-21)12-7-10(16)1-2-11(12)17/h1-2,7-9H,3-6H2. The van der Waals surface area contributed by atoms with Gasteiger partial charge in [-0.2, -0.15) is 0 Å². The zero-order chi connectivity index (χ0) is 14.8. The number of rotatable bonds is 2. The summed E-state index contributed by atoms with van der Waals surface area (Å²) in [5.41, 5.74) is 0.298. The molecule has 7 heteroatoms. The summed E-state index contributed by atoms with van der Waals surface area (Å²) in [6.45, 7) is 2.44. The van der Waals surface area contributed by atoms with Crippen molar-refractivity contribution >= 4 is 23.1 Å². The molecule has 3 rings (SSSR count). The molecule has 1 aliphatic rings. The lowest BCUT2D eigenvalue weighted by atomic mass is 10.2. The third-order valence-corrected chi connectivity index (χ3v) is 3.63. The molecular weight excluding hydrogens is 298 g/mol. The summed E-state index contributed by atoms with van der Waals surface area (Å²) < 4.78 is 27.0. The minimum atomic E-state index is -0.436. The quantitative estimate of drug-likeness (QED) is 0.854. The number of benzene rings is 1. The van der Waals surface area contributed by atoms with E-state index < -0.39 is 11.6 Å². The Balaban J connectivity index is 1.72. The Bertz CT molecular complexity index is 645. The minimum Gasteiger partial charge on any atom is -0.366 e. The minimum absolute atomic E-state index is 0.298. The van der Waals surface area contributed by atoms with E-state index in [9.17, 15) is 8.78 Å². The molecule has 0 unspecified atom stereocenters.